The van der Waals surface area contributed by atoms with Gasteiger partial charge in [-0.2, -0.15) is 0 Å². The van der Waals surface area contributed by atoms with Gasteiger partial charge in [0.05, 0.1) is 5.41 Å². The Kier molecular flexibility index (Phi) is 4.48. The Morgan fingerprint density at radius 1 is 1.12 bits per heavy atom. The summed E-state index contributed by atoms with van der Waals surface area (Å²) in [5.41, 5.74) is 3.26. The lowest BCUT2D eigenvalue weighted by Gasteiger charge is -2.05. The first-order valence-corrected chi connectivity index (χ1v) is 6.80. The molecule has 0 aliphatic rings. The Morgan fingerprint density at radius 2 is 1.69 bits per heavy atom. The van der Waals surface area contributed by atoms with Crippen molar-refractivity contribution in [2.24, 2.45) is 0 Å². The molecular formula is C10H7Cl3O2S. The maximum absolute atomic E-state index is 11.3. The van der Waals surface area contributed by atoms with E-state index in [1.54, 1.807) is 12.1 Å². The third-order valence-corrected chi connectivity index (χ3v) is 4.62. The monoisotopic (exact) mass is 296 g/mol. The highest BCUT2D eigenvalue weighted by Crippen LogP contribution is 2.33. The maximum Gasteiger partial charge on any atom is 0.297 e. The second-order valence-corrected chi connectivity index (χ2v) is 7.72. The van der Waals surface area contributed by atoms with Crippen LogP contribution in [0.3, 0.4) is 0 Å². The molecule has 0 spiro atoms. The normalized spacial score (nSPS) is 11.7. The fourth-order valence-electron chi connectivity index (χ4n) is 0.836. The fourth-order valence-corrected chi connectivity index (χ4v) is 1.62. The Bertz CT molecular complexity index is 509. The van der Waals surface area contributed by atoms with Gasteiger partial charge in [0.15, 0.2) is 0 Å². The summed E-state index contributed by atoms with van der Waals surface area (Å²) in [6.07, 6.45) is 1.48. The van der Waals surface area contributed by atoms with Crippen LogP contribution in [0.1, 0.15) is 5.56 Å². The predicted octanol–water partition coefficient (Wildman–Crippen LogP) is 3.55. The molecule has 1 aromatic carbocycles. The van der Waals surface area contributed by atoms with Crippen molar-refractivity contribution in [2.45, 2.75) is 3.12 Å². The highest BCUT2D eigenvalue weighted by molar-refractivity contribution is 7.99. The molecule has 0 saturated carbocycles. The average molecular weight is 298 g/mol. The summed E-state index contributed by atoms with van der Waals surface area (Å²) in [5, 5.41) is 0.743. The van der Waals surface area contributed by atoms with Crippen molar-refractivity contribution in [3.63, 3.8) is 0 Å². The van der Waals surface area contributed by atoms with Crippen LogP contribution in [0.25, 0.3) is 6.08 Å². The minimum absolute atomic E-state index is 0.743. The van der Waals surface area contributed by atoms with Gasteiger partial charge in [0.2, 0.25) is 9.84 Å². The van der Waals surface area contributed by atoms with Crippen LogP contribution in [0, 0.1) is 0 Å². The van der Waals surface area contributed by atoms with Gasteiger partial charge in [-0.15, -0.1) is 5.73 Å². The first-order valence-electron chi connectivity index (χ1n) is 4.12. The van der Waals surface area contributed by atoms with Crippen molar-refractivity contribution in [1.82, 2.24) is 0 Å². The van der Waals surface area contributed by atoms with Gasteiger partial charge in [-0.05, 0) is 11.6 Å². The number of rotatable bonds is 2. The zero-order valence-electron chi connectivity index (χ0n) is 7.90. The quantitative estimate of drug-likeness (QED) is 0.618. The Morgan fingerprint density at radius 3 is 2.19 bits per heavy atom. The third kappa shape index (κ3) is 3.85. The lowest BCUT2D eigenvalue weighted by atomic mass is 10.2. The third-order valence-electron chi connectivity index (χ3n) is 1.60. The van der Waals surface area contributed by atoms with Crippen LogP contribution in [-0.4, -0.2) is 11.5 Å². The van der Waals surface area contributed by atoms with Gasteiger partial charge in [-0.1, -0.05) is 65.1 Å². The number of hydrogen-bond donors (Lipinski definition) is 0. The number of benzene rings is 1. The van der Waals surface area contributed by atoms with E-state index in [-0.39, 0.29) is 0 Å². The van der Waals surface area contributed by atoms with Crippen LogP contribution in [0.15, 0.2) is 41.5 Å². The highest BCUT2D eigenvalue weighted by atomic mass is 35.6. The molecule has 86 valence electrons. The summed E-state index contributed by atoms with van der Waals surface area (Å²) in [4.78, 5) is 0. The van der Waals surface area contributed by atoms with Crippen LogP contribution in [-0.2, 0) is 9.84 Å². The Hall–Kier alpha value is -0.440. The maximum atomic E-state index is 11.3. The number of alkyl halides is 3. The van der Waals surface area contributed by atoms with E-state index in [0.717, 1.165) is 11.0 Å². The van der Waals surface area contributed by atoms with Crippen LogP contribution in [0.5, 0.6) is 0 Å². The Balaban J connectivity index is 2.95. The average Bonchev–Trinajstić information content (AvgIpc) is 2.17. The van der Waals surface area contributed by atoms with Crippen LogP contribution < -0.4 is 0 Å². The van der Waals surface area contributed by atoms with Crippen molar-refractivity contribution >= 4 is 50.7 Å². The lowest BCUT2D eigenvalue weighted by molar-refractivity contribution is 0.605. The molecule has 0 heterocycles. The highest BCUT2D eigenvalue weighted by Gasteiger charge is 2.35. The van der Waals surface area contributed by atoms with Gasteiger partial charge in [0, 0.05) is 0 Å². The molecule has 0 aliphatic heterocycles. The minimum Gasteiger partial charge on any atom is -0.219 e. The van der Waals surface area contributed by atoms with Gasteiger partial charge in [-0.3, -0.25) is 0 Å². The van der Waals surface area contributed by atoms with Crippen LogP contribution in [0.4, 0.5) is 0 Å². The van der Waals surface area contributed by atoms with E-state index in [9.17, 15) is 8.42 Å². The second kappa shape index (κ2) is 5.26. The van der Waals surface area contributed by atoms with Gasteiger partial charge >= 0.3 is 0 Å². The largest absolute Gasteiger partial charge is 0.297 e. The van der Waals surface area contributed by atoms with Crippen molar-refractivity contribution < 1.29 is 8.42 Å². The van der Waals surface area contributed by atoms with Gasteiger partial charge in [0.1, 0.15) is 0 Å². The summed E-state index contributed by atoms with van der Waals surface area (Å²) in [5.74, 6) is 0. The molecule has 2 nitrogen and oxygen atoms in total. The molecule has 0 saturated heterocycles. The zero-order valence-corrected chi connectivity index (χ0v) is 11.0. The van der Waals surface area contributed by atoms with Gasteiger partial charge < -0.3 is 0 Å². The first kappa shape index (κ1) is 13.6. The first-order chi connectivity index (χ1) is 7.33. The van der Waals surface area contributed by atoms with E-state index in [4.69, 9.17) is 34.8 Å². The van der Waals surface area contributed by atoms with Crippen LogP contribution >= 0.6 is 34.8 Å². The van der Waals surface area contributed by atoms with E-state index in [1.807, 2.05) is 18.2 Å². The number of hydrogen-bond acceptors (Lipinski definition) is 2. The van der Waals surface area contributed by atoms with Crippen LogP contribution in [0.2, 0.25) is 0 Å². The molecule has 0 aliphatic carbocycles. The molecule has 0 radical (unpaired) electrons. The number of sulfone groups is 1. The Labute approximate surface area is 109 Å². The number of halogens is 3. The van der Waals surface area contributed by atoms with E-state index in [0.29, 0.717) is 0 Å². The van der Waals surface area contributed by atoms with E-state index < -0.39 is 13.0 Å². The molecule has 0 fully saturated rings. The molecule has 16 heavy (non-hydrogen) atoms. The summed E-state index contributed by atoms with van der Waals surface area (Å²) >= 11 is 15.8. The molecule has 0 bridgehead atoms. The molecule has 0 N–H and O–H groups in total. The smallest absolute Gasteiger partial charge is 0.219 e. The van der Waals surface area contributed by atoms with E-state index in [2.05, 4.69) is 5.73 Å². The van der Waals surface area contributed by atoms with Crippen molar-refractivity contribution in [3.05, 3.63) is 47.0 Å². The second-order valence-electron chi connectivity index (χ2n) is 2.83. The zero-order chi connectivity index (χ0) is 12.2. The molecule has 0 amide bonds. The predicted molar refractivity (Wildman–Crippen MR) is 68.2 cm³/mol. The molecule has 1 rings (SSSR count). The SMILES string of the molecule is O=S(=O)(C=C=Cc1ccccc1)C(Cl)(Cl)Cl. The molecule has 0 atom stereocenters. The minimum atomic E-state index is -3.94. The van der Waals surface area contributed by atoms with E-state index >= 15 is 0 Å². The lowest BCUT2D eigenvalue weighted by Crippen LogP contribution is -2.15. The summed E-state index contributed by atoms with van der Waals surface area (Å²) < 4.78 is 20.3. The summed E-state index contributed by atoms with van der Waals surface area (Å²) in [6.45, 7) is 0. The molecule has 6 heteroatoms. The van der Waals surface area contributed by atoms with Crippen molar-refractivity contribution in [2.75, 3.05) is 0 Å². The van der Waals surface area contributed by atoms with E-state index in [1.165, 1.54) is 6.08 Å². The van der Waals surface area contributed by atoms with Gasteiger partial charge in [-0.25, -0.2) is 8.42 Å². The molecular weight excluding hydrogens is 291 g/mol. The standard InChI is InChI=1S/C10H7Cl3O2S/c11-10(12,13)16(14,15)8-4-7-9-5-2-1-3-6-9/h1-3,5-8H. The summed E-state index contributed by atoms with van der Waals surface area (Å²) in [7, 11) is -3.94. The molecule has 0 aromatic heterocycles. The van der Waals surface area contributed by atoms with Gasteiger partial charge in [0.25, 0.3) is 3.12 Å². The topological polar surface area (TPSA) is 34.1 Å². The molecule has 0 unspecified atom stereocenters. The van der Waals surface area contributed by atoms with Crippen molar-refractivity contribution in [3.8, 4) is 0 Å². The molecule has 1 aromatic rings. The summed E-state index contributed by atoms with van der Waals surface area (Å²) in [6, 6.07) is 9.07. The van der Waals surface area contributed by atoms with Crippen molar-refractivity contribution in [1.29, 1.82) is 0 Å². The fraction of sp³-hybridized carbons (Fsp3) is 0.100.